The number of benzene rings is 2. The first kappa shape index (κ1) is 23.2. The summed E-state index contributed by atoms with van der Waals surface area (Å²) in [6, 6.07) is 13.7. The molecule has 0 bridgehead atoms. The van der Waals surface area contributed by atoms with Crippen LogP contribution in [0.15, 0.2) is 67.1 Å². The average Bonchev–Trinajstić information content (AvgIpc) is 3.42. The number of pyridine rings is 1. The summed E-state index contributed by atoms with van der Waals surface area (Å²) in [6.07, 6.45) is 5.25. The number of anilines is 2. The van der Waals surface area contributed by atoms with Gasteiger partial charge in [-0.3, -0.25) is 14.2 Å². The van der Waals surface area contributed by atoms with Crippen molar-refractivity contribution in [2.75, 3.05) is 5.32 Å². The van der Waals surface area contributed by atoms with Gasteiger partial charge in [-0.05, 0) is 54.6 Å². The van der Waals surface area contributed by atoms with E-state index < -0.39 is 6.04 Å². The van der Waals surface area contributed by atoms with Gasteiger partial charge in [0.2, 0.25) is 0 Å². The van der Waals surface area contributed by atoms with Crippen LogP contribution < -0.4 is 10.6 Å². The van der Waals surface area contributed by atoms with Gasteiger partial charge in [0.05, 0.1) is 17.9 Å². The summed E-state index contributed by atoms with van der Waals surface area (Å²) >= 11 is 0. The fourth-order valence-corrected chi connectivity index (χ4v) is 4.16. The Hall–Kier alpha value is -4.53. The Morgan fingerprint density at radius 1 is 0.972 bits per heavy atom. The molecule has 8 nitrogen and oxygen atoms in total. The van der Waals surface area contributed by atoms with Gasteiger partial charge in [0.1, 0.15) is 17.5 Å². The second-order valence-corrected chi connectivity index (χ2v) is 8.91. The first-order valence-electron chi connectivity index (χ1n) is 11.5. The lowest BCUT2D eigenvalue weighted by Crippen LogP contribution is -2.29. The summed E-state index contributed by atoms with van der Waals surface area (Å²) < 4.78 is 17.8. The number of rotatable bonds is 6. The zero-order valence-corrected chi connectivity index (χ0v) is 20.5. The molecular weight excluding hydrogens is 457 g/mol. The molecule has 3 aromatic heterocycles. The molecule has 3 heterocycles. The molecule has 0 aliphatic heterocycles. The molecule has 9 heteroatoms. The molecule has 182 valence electrons. The van der Waals surface area contributed by atoms with E-state index in [0.29, 0.717) is 22.5 Å². The van der Waals surface area contributed by atoms with Gasteiger partial charge in [0.15, 0.2) is 0 Å². The molecule has 36 heavy (non-hydrogen) atoms. The van der Waals surface area contributed by atoms with Crippen molar-refractivity contribution in [3.63, 3.8) is 0 Å². The van der Waals surface area contributed by atoms with Gasteiger partial charge in [-0.1, -0.05) is 18.2 Å². The standard InChI is InChI=1S/C27H26FN7O/c1-16-5-6-18(11-23(16)28)26(22-14-30-34(3)15-22)32-27(36)19-7-8-20-13-29-24(12-21(20)10-19)31-25-9-17(2)33-35(25)4/h5-15,26H,1-4H3,(H,29,31)(H,32,36)/t26-/m0/s1. The maximum atomic E-state index is 14.4. The number of amides is 1. The van der Waals surface area contributed by atoms with Crippen molar-refractivity contribution in [2.24, 2.45) is 14.1 Å². The molecule has 5 rings (SSSR count). The van der Waals surface area contributed by atoms with Crippen LogP contribution in [0.2, 0.25) is 0 Å². The smallest absolute Gasteiger partial charge is 0.252 e. The van der Waals surface area contributed by atoms with E-state index in [2.05, 4.69) is 25.8 Å². The molecule has 0 radical (unpaired) electrons. The van der Waals surface area contributed by atoms with Crippen molar-refractivity contribution < 1.29 is 9.18 Å². The first-order valence-corrected chi connectivity index (χ1v) is 11.5. The average molecular weight is 484 g/mol. The van der Waals surface area contributed by atoms with Crippen molar-refractivity contribution in [3.8, 4) is 0 Å². The number of carbonyl (C=O) groups is 1. The Morgan fingerprint density at radius 2 is 1.81 bits per heavy atom. The van der Waals surface area contributed by atoms with E-state index in [1.165, 1.54) is 6.07 Å². The van der Waals surface area contributed by atoms with E-state index in [9.17, 15) is 9.18 Å². The number of carbonyl (C=O) groups excluding carboxylic acids is 1. The third-order valence-corrected chi connectivity index (χ3v) is 6.10. The Labute approximate surface area is 207 Å². The van der Waals surface area contributed by atoms with Gasteiger partial charge in [0.25, 0.3) is 5.91 Å². The minimum Gasteiger partial charge on any atom is -0.341 e. The molecule has 0 unspecified atom stereocenters. The molecule has 0 aliphatic carbocycles. The number of hydrogen-bond acceptors (Lipinski definition) is 5. The fourth-order valence-electron chi connectivity index (χ4n) is 4.16. The Kier molecular flexibility index (Phi) is 5.97. The molecule has 0 saturated heterocycles. The molecule has 5 aromatic rings. The number of aryl methyl sites for hydroxylation is 4. The van der Waals surface area contributed by atoms with E-state index in [4.69, 9.17) is 0 Å². The van der Waals surface area contributed by atoms with Crippen LogP contribution in [0.5, 0.6) is 0 Å². The number of hydrogen-bond donors (Lipinski definition) is 2. The van der Waals surface area contributed by atoms with E-state index >= 15 is 0 Å². The van der Waals surface area contributed by atoms with Gasteiger partial charge in [-0.25, -0.2) is 9.37 Å². The summed E-state index contributed by atoms with van der Waals surface area (Å²) in [5.74, 6) is 0.863. The fraction of sp³-hybridized carbons (Fsp3) is 0.185. The maximum Gasteiger partial charge on any atom is 0.252 e. The van der Waals surface area contributed by atoms with Crippen molar-refractivity contribution in [1.82, 2.24) is 29.9 Å². The Bertz CT molecular complexity index is 1590. The highest BCUT2D eigenvalue weighted by Gasteiger charge is 2.21. The predicted octanol–water partition coefficient (Wildman–Crippen LogP) is 4.72. The monoisotopic (exact) mass is 483 g/mol. The molecule has 0 saturated carbocycles. The van der Waals surface area contributed by atoms with E-state index in [1.54, 1.807) is 47.9 Å². The predicted molar refractivity (Wildman–Crippen MR) is 137 cm³/mol. The summed E-state index contributed by atoms with van der Waals surface area (Å²) in [4.78, 5) is 17.8. The third-order valence-electron chi connectivity index (χ3n) is 6.10. The normalized spacial score (nSPS) is 12.0. The SMILES string of the molecule is Cc1cc(Nc2cc3cc(C(=O)N[C@@H](c4ccc(C)c(F)c4)c4cnn(C)c4)ccc3cn2)n(C)n1. The highest BCUT2D eigenvalue weighted by Crippen LogP contribution is 2.26. The number of nitrogens with one attached hydrogen (secondary N) is 2. The first-order chi connectivity index (χ1) is 17.3. The van der Waals surface area contributed by atoms with Crippen molar-refractivity contribution in [1.29, 1.82) is 0 Å². The maximum absolute atomic E-state index is 14.4. The minimum atomic E-state index is -0.556. The number of aromatic nitrogens is 5. The number of halogens is 1. The lowest BCUT2D eigenvalue weighted by Gasteiger charge is -2.19. The molecule has 1 amide bonds. The molecule has 1 atom stereocenters. The third kappa shape index (κ3) is 4.68. The van der Waals surface area contributed by atoms with Gasteiger partial charge < -0.3 is 10.6 Å². The second-order valence-electron chi connectivity index (χ2n) is 8.91. The topological polar surface area (TPSA) is 89.7 Å². The highest BCUT2D eigenvalue weighted by molar-refractivity contribution is 5.99. The molecule has 0 aliphatic rings. The summed E-state index contributed by atoms with van der Waals surface area (Å²) in [7, 11) is 3.66. The van der Waals surface area contributed by atoms with Crippen LogP contribution in [0.3, 0.4) is 0 Å². The van der Waals surface area contributed by atoms with Crippen LogP contribution >= 0.6 is 0 Å². The molecule has 0 spiro atoms. The summed E-state index contributed by atoms with van der Waals surface area (Å²) in [6.45, 7) is 3.63. The van der Waals surface area contributed by atoms with Gasteiger partial charge in [0, 0.05) is 49.1 Å². The largest absolute Gasteiger partial charge is 0.341 e. The Balaban J connectivity index is 1.44. The molecule has 0 fully saturated rings. The minimum absolute atomic E-state index is 0.277. The van der Waals surface area contributed by atoms with Crippen molar-refractivity contribution in [3.05, 3.63) is 101 Å². The quantitative estimate of drug-likeness (QED) is 0.365. The zero-order valence-electron chi connectivity index (χ0n) is 20.5. The van der Waals surface area contributed by atoms with Crippen LogP contribution in [0.25, 0.3) is 10.8 Å². The van der Waals surface area contributed by atoms with Crippen LogP contribution in [0.4, 0.5) is 16.0 Å². The molecule has 2 N–H and O–H groups in total. The van der Waals surface area contributed by atoms with Gasteiger partial charge in [-0.2, -0.15) is 10.2 Å². The van der Waals surface area contributed by atoms with E-state index in [1.807, 2.05) is 50.5 Å². The van der Waals surface area contributed by atoms with Gasteiger partial charge >= 0.3 is 0 Å². The number of nitrogens with zero attached hydrogens (tertiary/aromatic N) is 5. The zero-order chi connectivity index (χ0) is 25.4. The summed E-state index contributed by atoms with van der Waals surface area (Å²) in [5.41, 5.74) is 3.33. The molecule has 2 aromatic carbocycles. The van der Waals surface area contributed by atoms with Crippen molar-refractivity contribution in [2.45, 2.75) is 19.9 Å². The van der Waals surface area contributed by atoms with E-state index in [-0.39, 0.29) is 11.7 Å². The number of fused-ring (bicyclic) bond motifs is 1. The Morgan fingerprint density at radius 3 is 2.50 bits per heavy atom. The van der Waals surface area contributed by atoms with E-state index in [0.717, 1.165) is 27.8 Å². The van der Waals surface area contributed by atoms with Crippen LogP contribution in [0, 0.1) is 19.7 Å². The lowest BCUT2D eigenvalue weighted by molar-refractivity contribution is 0.0943. The van der Waals surface area contributed by atoms with Crippen molar-refractivity contribution >= 4 is 28.3 Å². The molecular formula is C27H26FN7O. The summed E-state index contributed by atoms with van der Waals surface area (Å²) in [5, 5.41) is 16.7. The van der Waals surface area contributed by atoms with Crippen LogP contribution in [-0.4, -0.2) is 30.5 Å². The highest BCUT2D eigenvalue weighted by atomic mass is 19.1. The van der Waals surface area contributed by atoms with Gasteiger partial charge in [-0.15, -0.1) is 0 Å². The lowest BCUT2D eigenvalue weighted by atomic mass is 9.99. The van der Waals surface area contributed by atoms with Crippen LogP contribution in [-0.2, 0) is 14.1 Å². The van der Waals surface area contributed by atoms with Crippen LogP contribution in [0.1, 0.15) is 38.8 Å². The second kappa shape index (κ2) is 9.26.